The molecular formula is C56H80N8O15S. The number of rotatable bonds is 28. The van der Waals surface area contributed by atoms with Gasteiger partial charge in [0.05, 0.1) is 49.3 Å². The fraction of sp³-hybridized carbons (Fsp3) is 0.625. The topological polar surface area (TPSA) is 309 Å². The second-order valence-electron chi connectivity index (χ2n) is 21.5. The van der Waals surface area contributed by atoms with Crippen LogP contribution in [0.15, 0.2) is 53.6 Å². The van der Waals surface area contributed by atoms with E-state index in [-0.39, 0.29) is 50.7 Å². The van der Waals surface area contributed by atoms with Crippen molar-refractivity contribution in [3.05, 3.63) is 75.0 Å². The molecule has 2 fully saturated rings. The van der Waals surface area contributed by atoms with Crippen LogP contribution < -0.4 is 15.4 Å². The largest absolute Gasteiger partial charge is 0.480 e. The number of hydrogen-bond donors (Lipinski definition) is 5. The Balaban J connectivity index is 1.27. The number of carboxylic acid groups (broad SMARTS) is 2. The number of amides is 5. The molecule has 3 aromatic rings. The van der Waals surface area contributed by atoms with Crippen molar-refractivity contribution in [1.29, 1.82) is 0 Å². The smallest absolute Gasteiger partial charge is 0.410 e. The van der Waals surface area contributed by atoms with Gasteiger partial charge < -0.3 is 59.4 Å². The number of ether oxygens (including phenoxy) is 5. The van der Waals surface area contributed by atoms with Gasteiger partial charge in [0.2, 0.25) is 29.9 Å². The maximum absolute atomic E-state index is 14.8. The Kier molecular flexibility index (Phi) is 23.9. The average molecular weight is 1140 g/mol. The Morgan fingerprint density at radius 1 is 0.925 bits per heavy atom. The summed E-state index contributed by atoms with van der Waals surface area (Å²) < 4.78 is 30.1. The monoisotopic (exact) mass is 1140 g/mol. The van der Waals surface area contributed by atoms with Crippen LogP contribution in [0.1, 0.15) is 103 Å². The van der Waals surface area contributed by atoms with Gasteiger partial charge in [-0.2, -0.15) is 0 Å². The number of aliphatic hydroxyl groups is 1. The lowest BCUT2D eigenvalue weighted by atomic mass is 9.89. The zero-order valence-corrected chi connectivity index (χ0v) is 48.4. The van der Waals surface area contributed by atoms with Crippen LogP contribution in [0, 0.1) is 23.7 Å². The van der Waals surface area contributed by atoms with Gasteiger partial charge in [-0.15, -0.1) is 11.3 Å². The molecule has 3 heterocycles. The molecule has 2 aliphatic rings. The number of hydrogen-bond acceptors (Lipinski definition) is 15. The Bertz CT molecular complexity index is 2670. The number of aliphatic hydroxyl groups excluding tert-OH is 1. The molecule has 5 N–H and O–H groups in total. The van der Waals surface area contributed by atoms with Crippen molar-refractivity contribution >= 4 is 63.1 Å². The van der Waals surface area contributed by atoms with Crippen LogP contribution in [-0.2, 0) is 67.3 Å². The zero-order chi connectivity index (χ0) is 59.1. The highest BCUT2D eigenvalue weighted by Crippen LogP contribution is 2.38. The van der Waals surface area contributed by atoms with E-state index >= 15 is 0 Å². The molecule has 2 aliphatic heterocycles. The number of likely N-dealkylation sites (tertiary alicyclic amines) is 1. The van der Waals surface area contributed by atoms with Crippen molar-refractivity contribution in [3.8, 4) is 5.75 Å². The summed E-state index contributed by atoms with van der Waals surface area (Å²) in [7, 11) is 5.99. The van der Waals surface area contributed by atoms with E-state index in [9.17, 15) is 48.9 Å². The summed E-state index contributed by atoms with van der Waals surface area (Å²) >= 11 is 1.27. The molecule has 80 heavy (non-hydrogen) atoms. The summed E-state index contributed by atoms with van der Waals surface area (Å²) in [5.74, 6) is -5.87. The molecule has 440 valence electrons. The number of carbonyl (C=O) groups excluding carboxylic acids is 5. The molecule has 24 heteroatoms. The molecule has 5 amide bonds. The number of carbonyl (C=O) groups is 7. The van der Waals surface area contributed by atoms with E-state index in [0.29, 0.717) is 52.1 Å². The van der Waals surface area contributed by atoms with Gasteiger partial charge in [0, 0.05) is 79.6 Å². The number of nitrogens with one attached hydrogen (secondary N) is 2. The molecule has 0 spiro atoms. The molecule has 23 nitrogen and oxygen atoms in total. The minimum absolute atomic E-state index is 0.0122. The van der Waals surface area contributed by atoms with E-state index in [2.05, 4.69) is 20.7 Å². The molecule has 1 aromatic heterocycles. The number of carboxylic acids is 2. The van der Waals surface area contributed by atoms with Crippen molar-refractivity contribution in [2.75, 3.05) is 34.9 Å². The first kappa shape index (κ1) is 64.3. The van der Waals surface area contributed by atoms with Crippen molar-refractivity contribution in [2.45, 2.75) is 167 Å². The summed E-state index contributed by atoms with van der Waals surface area (Å²) in [6.45, 7) is 12.8. The van der Waals surface area contributed by atoms with Crippen molar-refractivity contribution in [2.24, 2.45) is 28.8 Å². The standard InChI is InChI=1S/C56H80N8O15S/c1-12-32(6)48(42(75-10)27-44(66)64-22-16-19-40(64)49(76-11)33(7)51(67)59-39(54(70)71)23-34-17-14-13-15-18-34)62(8)53(69)46(30(2)3)60-52(68)47(31(4)5)63(9)56(74)77-29-35-20-21-41(38-26-37(28-58-61-57)80-50(35)38)78-45-25-36(65)24-43(79-45)55(72)73/h13-15,17-18,20-21,26,30-33,36,39-40,42-43,45-49,65H,12,16,19,22-25,27-29H2,1-11H3,(H,59,67)(H,60,68)(H,70,71)(H,72,73)/t32?,33-,36+,39?,40+,42-,43+,45-,46+,47+,48+,49-/m1/s1. The Morgan fingerprint density at radius 3 is 2.23 bits per heavy atom. The average Bonchev–Trinajstić information content (AvgIpc) is 4.10. The van der Waals surface area contributed by atoms with Gasteiger partial charge in [0.15, 0.2) is 6.10 Å². The summed E-state index contributed by atoms with van der Waals surface area (Å²) in [6.07, 6.45) is -4.07. The quantitative estimate of drug-likeness (QED) is 0.0294. The highest BCUT2D eigenvalue weighted by molar-refractivity contribution is 7.19. The molecular weight excluding hydrogens is 1060 g/mol. The molecule has 2 unspecified atom stereocenters. The summed E-state index contributed by atoms with van der Waals surface area (Å²) in [6, 6.07) is 9.45. The van der Waals surface area contributed by atoms with Crippen LogP contribution in [0.3, 0.4) is 0 Å². The number of azide groups is 1. The lowest BCUT2D eigenvalue weighted by molar-refractivity contribution is -0.195. The Labute approximate surface area is 471 Å². The van der Waals surface area contributed by atoms with Crippen LogP contribution in [0.25, 0.3) is 20.5 Å². The highest BCUT2D eigenvalue weighted by atomic mass is 32.1. The third kappa shape index (κ3) is 16.3. The lowest BCUT2D eigenvalue weighted by Crippen LogP contribution is -2.60. The van der Waals surface area contributed by atoms with Crippen LogP contribution in [0.5, 0.6) is 5.75 Å². The van der Waals surface area contributed by atoms with Crippen LogP contribution >= 0.6 is 11.3 Å². The predicted octanol–water partition coefficient (Wildman–Crippen LogP) is 6.51. The minimum atomic E-state index is -1.27. The second kappa shape index (κ2) is 29.8. The second-order valence-corrected chi connectivity index (χ2v) is 22.6. The Hall–Kier alpha value is -6.56. The highest BCUT2D eigenvalue weighted by Gasteiger charge is 2.44. The first-order valence-corrected chi connectivity index (χ1v) is 27.9. The van der Waals surface area contributed by atoms with E-state index in [1.54, 1.807) is 89.0 Å². The number of thiophene rings is 1. The molecule has 0 bridgehead atoms. The molecule has 2 saturated heterocycles. The maximum Gasteiger partial charge on any atom is 0.410 e. The molecule has 2 aromatic carbocycles. The number of likely N-dealkylation sites (N-methyl/N-ethyl adjacent to an activating group) is 2. The number of methoxy groups -OCH3 is 2. The van der Waals surface area contributed by atoms with Crippen LogP contribution in [0.2, 0.25) is 0 Å². The summed E-state index contributed by atoms with van der Waals surface area (Å²) in [5.41, 5.74) is 10.3. The molecule has 0 radical (unpaired) electrons. The maximum atomic E-state index is 14.8. The van der Waals surface area contributed by atoms with Crippen molar-refractivity contribution in [1.82, 2.24) is 25.3 Å². The molecule has 0 saturated carbocycles. The first-order valence-electron chi connectivity index (χ1n) is 27.1. The number of benzene rings is 2. The van der Waals surface area contributed by atoms with E-state index < -0.39 is 114 Å². The summed E-state index contributed by atoms with van der Waals surface area (Å²) in [4.78, 5) is 103. The number of aliphatic carboxylic acids is 2. The van der Waals surface area contributed by atoms with Gasteiger partial charge in [-0.05, 0) is 53.8 Å². The normalized spacial score (nSPS) is 20.3. The van der Waals surface area contributed by atoms with Gasteiger partial charge in [0.25, 0.3) is 0 Å². The number of fused-ring (bicyclic) bond motifs is 1. The SMILES string of the molecule is CCC(C)[C@@H]([C@@H](CC(=O)N1CCC[C@H]1[C@H](OC)[C@@H](C)C(=O)NC(Cc1ccccc1)C(=O)O)OC)N(C)C(=O)[C@@H](NC(=O)[C@H](C(C)C)N(C)C(=O)OCc1ccc(O[C@H]2C[C@@H](O)C[C@@H](C(=O)O)O2)c2cc(CN=[N+]=[N-])sc12)C(C)C. The van der Waals surface area contributed by atoms with Gasteiger partial charge in [-0.3, -0.25) is 24.1 Å². The van der Waals surface area contributed by atoms with E-state index in [4.69, 9.17) is 29.2 Å². The summed E-state index contributed by atoms with van der Waals surface area (Å²) in [5, 5.41) is 39.7. The fourth-order valence-corrected chi connectivity index (χ4v) is 11.8. The third-order valence-electron chi connectivity index (χ3n) is 15.2. The van der Waals surface area contributed by atoms with Gasteiger partial charge in [0.1, 0.15) is 30.5 Å². The van der Waals surface area contributed by atoms with E-state index in [1.807, 2.05) is 19.9 Å². The van der Waals surface area contributed by atoms with Crippen molar-refractivity contribution < 1.29 is 72.6 Å². The molecule has 5 rings (SSSR count). The fourth-order valence-electron chi connectivity index (χ4n) is 10.7. The van der Waals surface area contributed by atoms with Crippen molar-refractivity contribution in [3.63, 3.8) is 0 Å². The zero-order valence-electron chi connectivity index (χ0n) is 47.6. The van der Waals surface area contributed by atoms with E-state index in [0.717, 1.165) is 5.56 Å². The van der Waals surface area contributed by atoms with E-state index in [1.165, 1.54) is 42.4 Å². The number of nitrogens with zero attached hydrogens (tertiary/aromatic N) is 6. The third-order valence-corrected chi connectivity index (χ3v) is 16.4. The first-order chi connectivity index (χ1) is 38.0. The van der Waals surface area contributed by atoms with Gasteiger partial charge >= 0.3 is 18.0 Å². The van der Waals surface area contributed by atoms with Crippen LogP contribution in [0.4, 0.5) is 4.79 Å². The van der Waals surface area contributed by atoms with Gasteiger partial charge in [-0.25, -0.2) is 14.4 Å². The lowest BCUT2D eigenvalue weighted by Gasteiger charge is -2.41. The molecule has 12 atom stereocenters. The van der Waals surface area contributed by atoms with Gasteiger partial charge in [-0.1, -0.05) is 96.4 Å². The Morgan fingerprint density at radius 2 is 1.62 bits per heavy atom. The predicted molar refractivity (Wildman–Crippen MR) is 296 cm³/mol. The van der Waals surface area contributed by atoms with Crippen LogP contribution in [-0.4, -0.2) is 167 Å². The minimum Gasteiger partial charge on any atom is -0.480 e. The molecule has 0 aliphatic carbocycles.